The normalized spacial score (nSPS) is 12.9. The van der Waals surface area contributed by atoms with Gasteiger partial charge in [0.15, 0.2) is 0 Å². The number of nitrogens with zero attached hydrogens (tertiary/aromatic N) is 2. The van der Waals surface area contributed by atoms with Crippen molar-refractivity contribution in [1.29, 1.82) is 0 Å². The van der Waals surface area contributed by atoms with Crippen LogP contribution in [0.4, 0.5) is 0 Å². The van der Waals surface area contributed by atoms with Crippen LogP contribution >= 0.6 is 0 Å². The number of aromatic nitrogens is 2. The lowest BCUT2D eigenvalue weighted by Crippen LogP contribution is -2.08. The molecule has 1 atom stereocenters. The van der Waals surface area contributed by atoms with E-state index >= 15 is 0 Å². The molecule has 5 heteroatoms. The predicted octanol–water partition coefficient (Wildman–Crippen LogP) is 1.61. The molecule has 0 bridgehead atoms. The van der Waals surface area contributed by atoms with Crippen LogP contribution < -0.4 is 0 Å². The molecule has 0 spiro atoms. The van der Waals surface area contributed by atoms with Crippen LogP contribution in [-0.4, -0.2) is 41.8 Å². The third-order valence-electron chi connectivity index (χ3n) is 2.95. The number of aliphatic hydroxyl groups excluding tert-OH is 1. The van der Waals surface area contributed by atoms with Crippen molar-refractivity contribution in [3.05, 3.63) is 17.0 Å². The van der Waals surface area contributed by atoms with Gasteiger partial charge in [-0.05, 0) is 27.2 Å². The highest BCUT2D eigenvalue weighted by atomic mass is 16.5. The summed E-state index contributed by atoms with van der Waals surface area (Å²) in [5.41, 5.74) is 2.89. The van der Waals surface area contributed by atoms with E-state index in [-0.39, 0.29) is 0 Å². The molecular weight excluding hydrogens is 232 g/mol. The van der Waals surface area contributed by atoms with E-state index in [1.165, 1.54) is 0 Å². The van der Waals surface area contributed by atoms with E-state index in [1.54, 1.807) is 14.0 Å². The fraction of sp³-hybridized carbons (Fsp3) is 0.769. The Hall–Kier alpha value is -0.910. The molecule has 0 saturated heterocycles. The molecule has 18 heavy (non-hydrogen) atoms. The second kappa shape index (κ2) is 7.51. The third kappa shape index (κ3) is 4.08. The van der Waals surface area contributed by atoms with Gasteiger partial charge < -0.3 is 14.6 Å². The maximum absolute atomic E-state index is 9.68. The van der Waals surface area contributed by atoms with Gasteiger partial charge in [-0.3, -0.25) is 4.68 Å². The highest BCUT2D eigenvalue weighted by molar-refractivity contribution is 5.26. The number of ether oxygens (including phenoxy) is 2. The highest BCUT2D eigenvalue weighted by Crippen LogP contribution is 2.20. The smallest absolute Gasteiger partial charge is 0.0797 e. The molecule has 1 rings (SSSR count). The lowest BCUT2D eigenvalue weighted by atomic mass is 10.1. The summed E-state index contributed by atoms with van der Waals surface area (Å²) in [6.07, 6.45) is 0.446. The maximum Gasteiger partial charge on any atom is 0.0797 e. The fourth-order valence-corrected chi connectivity index (χ4v) is 2.09. The number of methoxy groups -OCH3 is 1. The maximum atomic E-state index is 9.68. The summed E-state index contributed by atoms with van der Waals surface area (Å²) >= 11 is 0. The van der Waals surface area contributed by atoms with Gasteiger partial charge in [-0.25, -0.2) is 0 Å². The summed E-state index contributed by atoms with van der Waals surface area (Å²) in [7, 11) is 1.66. The van der Waals surface area contributed by atoms with Crippen molar-refractivity contribution < 1.29 is 14.6 Å². The Balaban J connectivity index is 2.41. The van der Waals surface area contributed by atoms with Crippen LogP contribution in [0.25, 0.3) is 0 Å². The summed E-state index contributed by atoms with van der Waals surface area (Å²) in [5.74, 6) is 0. The average molecular weight is 256 g/mol. The number of aryl methyl sites for hydroxylation is 2. The van der Waals surface area contributed by atoms with Crippen molar-refractivity contribution in [2.75, 3.05) is 26.9 Å². The highest BCUT2D eigenvalue weighted by Gasteiger charge is 2.14. The number of hydrogen-bond donors (Lipinski definition) is 1. The first-order valence-corrected chi connectivity index (χ1v) is 6.36. The largest absolute Gasteiger partial charge is 0.389 e. The minimum Gasteiger partial charge on any atom is -0.389 e. The van der Waals surface area contributed by atoms with Gasteiger partial charge in [-0.2, -0.15) is 5.10 Å². The molecule has 0 amide bonds. The summed E-state index contributed by atoms with van der Waals surface area (Å²) in [6, 6.07) is 0. The molecule has 0 saturated carbocycles. The van der Waals surface area contributed by atoms with E-state index in [0.717, 1.165) is 29.9 Å². The average Bonchev–Trinajstić information content (AvgIpc) is 2.59. The molecule has 1 unspecified atom stereocenters. The van der Waals surface area contributed by atoms with Gasteiger partial charge in [0.05, 0.1) is 25.0 Å². The lowest BCUT2D eigenvalue weighted by molar-refractivity contribution is 0.0676. The molecular formula is C13H24N2O3. The molecule has 104 valence electrons. The zero-order valence-electron chi connectivity index (χ0n) is 11.8. The topological polar surface area (TPSA) is 56.5 Å². The number of hydrogen-bond acceptors (Lipinski definition) is 4. The van der Waals surface area contributed by atoms with Crippen LogP contribution in [0.1, 0.15) is 36.4 Å². The molecule has 0 aromatic carbocycles. The Kier molecular flexibility index (Phi) is 6.32. The zero-order valence-corrected chi connectivity index (χ0v) is 11.8. The minimum absolute atomic E-state index is 0.461. The van der Waals surface area contributed by atoms with Gasteiger partial charge in [0.2, 0.25) is 0 Å². The van der Waals surface area contributed by atoms with Crippen molar-refractivity contribution in [2.45, 2.75) is 39.8 Å². The van der Waals surface area contributed by atoms with Gasteiger partial charge >= 0.3 is 0 Å². The SMILES string of the molecule is COCCOCCCn1nc(C)c(C(C)O)c1C. The van der Waals surface area contributed by atoms with Crippen molar-refractivity contribution in [3.63, 3.8) is 0 Å². The van der Waals surface area contributed by atoms with Crippen LogP contribution in [0.2, 0.25) is 0 Å². The Labute approximate surface area is 109 Å². The van der Waals surface area contributed by atoms with Gasteiger partial charge in [-0.15, -0.1) is 0 Å². The van der Waals surface area contributed by atoms with Gasteiger partial charge in [0.1, 0.15) is 0 Å². The summed E-state index contributed by atoms with van der Waals surface area (Å²) in [6.45, 7) is 8.47. The Bertz CT molecular complexity index is 361. The first kappa shape index (κ1) is 15.1. The van der Waals surface area contributed by atoms with Crippen LogP contribution in [0.5, 0.6) is 0 Å². The van der Waals surface area contributed by atoms with Gasteiger partial charge in [0.25, 0.3) is 0 Å². The molecule has 1 aromatic heterocycles. The zero-order chi connectivity index (χ0) is 13.5. The predicted molar refractivity (Wildman–Crippen MR) is 69.6 cm³/mol. The standard InChI is InChI=1S/C13H24N2O3/c1-10-13(12(3)16)11(2)15(14-10)6-5-7-18-9-8-17-4/h12,16H,5-9H2,1-4H3. The van der Waals surface area contributed by atoms with E-state index < -0.39 is 6.10 Å². The number of aliphatic hydroxyl groups is 1. The molecule has 0 aliphatic carbocycles. The lowest BCUT2D eigenvalue weighted by Gasteiger charge is -2.07. The van der Waals surface area contributed by atoms with Crippen molar-refractivity contribution in [2.24, 2.45) is 0 Å². The molecule has 1 aromatic rings. The Morgan fingerprint density at radius 2 is 2.00 bits per heavy atom. The van der Waals surface area contributed by atoms with E-state index in [9.17, 15) is 5.11 Å². The van der Waals surface area contributed by atoms with Crippen LogP contribution in [0.3, 0.4) is 0 Å². The molecule has 0 aliphatic rings. The van der Waals surface area contributed by atoms with Crippen LogP contribution in [0.15, 0.2) is 0 Å². The quantitative estimate of drug-likeness (QED) is 0.718. The van der Waals surface area contributed by atoms with Crippen molar-refractivity contribution >= 4 is 0 Å². The second-order valence-electron chi connectivity index (χ2n) is 4.44. The van der Waals surface area contributed by atoms with Crippen LogP contribution in [0, 0.1) is 13.8 Å². The van der Waals surface area contributed by atoms with Crippen LogP contribution in [-0.2, 0) is 16.0 Å². The van der Waals surface area contributed by atoms with E-state index in [1.807, 2.05) is 18.5 Å². The van der Waals surface area contributed by atoms with Crippen molar-refractivity contribution in [1.82, 2.24) is 9.78 Å². The first-order chi connectivity index (χ1) is 8.57. The molecule has 0 fully saturated rings. The molecule has 0 radical (unpaired) electrons. The molecule has 1 N–H and O–H groups in total. The van der Waals surface area contributed by atoms with E-state index in [2.05, 4.69) is 5.10 Å². The van der Waals surface area contributed by atoms with Gasteiger partial charge in [0, 0.05) is 31.5 Å². The number of rotatable bonds is 8. The summed E-state index contributed by atoms with van der Waals surface area (Å²) in [5, 5.41) is 14.1. The van der Waals surface area contributed by atoms with Crippen molar-refractivity contribution in [3.8, 4) is 0 Å². The van der Waals surface area contributed by atoms with E-state index in [0.29, 0.717) is 19.8 Å². The summed E-state index contributed by atoms with van der Waals surface area (Å²) < 4.78 is 12.2. The second-order valence-corrected chi connectivity index (χ2v) is 4.44. The monoisotopic (exact) mass is 256 g/mol. The van der Waals surface area contributed by atoms with E-state index in [4.69, 9.17) is 9.47 Å². The summed E-state index contributed by atoms with van der Waals surface area (Å²) in [4.78, 5) is 0. The fourth-order valence-electron chi connectivity index (χ4n) is 2.09. The first-order valence-electron chi connectivity index (χ1n) is 6.36. The molecule has 1 heterocycles. The minimum atomic E-state index is -0.461. The molecule has 5 nitrogen and oxygen atoms in total. The Morgan fingerprint density at radius 1 is 1.28 bits per heavy atom. The molecule has 0 aliphatic heterocycles. The third-order valence-corrected chi connectivity index (χ3v) is 2.95. The Morgan fingerprint density at radius 3 is 2.56 bits per heavy atom. The van der Waals surface area contributed by atoms with Gasteiger partial charge in [-0.1, -0.05) is 0 Å².